The Bertz CT molecular complexity index is 1720. The van der Waals surface area contributed by atoms with Crippen molar-refractivity contribution >= 4 is 52.3 Å². The summed E-state index contributed by atoms with van der Waals surface area (Å²) in [6.07, 6.45) is -1.48. The van der Waals surface area contributed by atoms with Crippen LogP contribution in [-0.2, 0) is 12.7 Å². The molecule has 14 heteroatoms. The molecule has 1 atom stereocenters. The highest BCUT2D eigenvalue weighted by Crippen LogP contribution is 2.50. The minimum absolute atomic E-state index is 0.0519. The van der Waals surface area contributed by atoms with Crippen molar-refractivity contribution in [1.29, 1.82) is 5.26 Å². The molecule has 1 aliphatic carbocycles. The fourth-order valence-electron chi connectivity index (χ4n) is 4.50. The first kappa shape index (κ1) is 29.3. The van der Waals surface area contributed by atoms with Crippen LogP contribution < -0.4 is 5.32 Å². The van der Waals surface area contributed by atoms with Crippen LogP contribution in [0.2, 0.25) is 20.1 Å². The fraction of sp³-hybridized carbons (Fsp3) is 0.222. The standard InChI is InChI=1S/C27H17Cl4F4N5O/c1-39-22(26(32,27(33,34)35)16-7-17(28)9-18(29)8-16)10-21(31)24(39)40-12-15(11-37-40)14-2-3-20(30)19(6-14)23(41)38-25(13-36)4-5-25/h2-3,6-12H,4-5H2,1H3,(H,38,41). The van der Waals surface area contributed by atoms with Crippen LogP contribution in [0.1, 0.15) is 34.5 Å². The molecule has 1 saturated carbocycles. The average Bonchev–Trinajstić information content (AvgIpc) is 3.38. The van der Waals surface area contributed by atoms with E-state index in [4.69, 9.17) is 46.4 Å². The normalized spacial score (nSPS) is 15.7. The Hall–Kier alpha value is -3.23. The summed E-state index contributed by atoms with van der Waals surface area (Å²) >= 11 is 24.4. The van der Waals surface area contributed by atoms with E-state index in [1.165, 1.54) is 42.3 Å². The first-order valence-corrected chi connectivity index (χ1v) is 13.4. The van der Waals surface area contributed by atoms with Gasteiger partial charge in [-0.25, -0.2) is 9.07 Å². The Morgan fingerprint density at radius 2 is 1.66 bits per heavy atom. The maximum atomic E-state index is 16.2. The Morgan fingerprint density at radius 1 is 1.00 bits per heavy atom. The second-order valence-electron chi connectivity index (χ2n) is 9.59. The number of nitriles is 1. The van der Waals surface area contributed by atoms with E-state index in [1.54, 1.807) is 6.07 Å². The van der Waals surface area contributed by atoms with Crippen LogP contribution in [0.3, 0.4) is 0 Å². The Balaban J connectivity index is 1.54. The molecular formula is C27H17Cl4F4N5O. The quantitative estimate of drug-likeness (QED) is 0.216. The molecule has 5 rings (SSSR count). The van der Waals surface area contributed by atoms with Gasteiger partial charge in [0.25, 0.3) is 11.6 Å². The zero-order chi connectivity index (χ0) is 29.9. The van der Waals surface area contributed by atoms with Gasteiger partial charge in [-0.15, -0.1) is 0 Å². The van der Waals surface area contributed by atoms with Crippen LogP contribution in [0.25, 0.3) is 16.9 Å². The second-order valence-corrected chi connectivity index (χ2v) is 11.3. The summed E-state index contributed by atoms with van der Waals surface area (Å²) in [6, 6.07) is 10.5. The zero-order valence-electron chi connectivity index (χ0n) is 20.8. The predicted octanol–water partition coefficient (Wildman–Crippen LogP) is 8.05. The highest BCUT2D eigenvalue weighted by atomic mass is 35.5. The van der Waals surface area contributed by atoms with Gasteiger partial charge in [0.1, 0.15) is 5.54 Å². The van der Waals surface area contributed by atoms with E-state index in [0.717, 1.165) is 22.8 Å². The zero-order valence-corrected chi connectivity index (χ0v) is 23.9. The van der Waals surface area contributed by atoms with Crippen molar-refractivity contribution in [3.63, 3.8) is 0 Å². The summed E-state index contributed by atoms with van der Waals surface area (Å²) in [5.74, 6) is -0.574. The van der Waals surface area contributed by atoms with Crippen LogP contribution in [-0.4, -0.2) is 32.0 Å². The summed E-state index contributed by atoms with van der Waals surface area (Å²) in [4.78, 5) is 12.8. The van der Waals surface area contributed by atoms with Gasteiger partial charge in [0.15, 0.2) is 5.82 Å². The minimum atomic E-state index is -5.41. The molecule has 6 nitrogen and oxygen atoms in total. The van der Waals surface area contributed by atoms with Crippen LogP contribution in [0.5, 0.6) is 0 Å². The predicted molar refractivity (Wildman–Crippen MR) is 147 cm³/mol. The molecular weight excluding hydrogens is 628 g/mol. The maximum absolute atomic E-state index is 16.2. The molecule has 1 amide bonds. The maximum Gasteiger partial charge on any atom is 0.432 e. The van der Waals surface area contributed by atoms with Gasteiger partial charge in [0.05, 0.1) is 33.6 Å². The number of hydrogen-bond donors (Lipinski definition) is 1. The second kappa shape index (κ2) is 10.2. The molecule has 2 aromatic carbocycles. The summed E-state index contributed by atoms with van der Waals surface area (Å²) in [6.45, 7) is 0. The fourth-order valence-corrected chi connectivity index (χ4v) is 5.55. The SMILES string of the molecule is Cn1c(C(F)(c2cc(Cl)cc(Cl)c2)C(F)(F)F)cc(Cl)c1-n1cc(-c2ccc(Cl)c(C(=O)NC3(C#N)CC3)c2)cn1. The van der Waals surface area contributed by atoms with Crippen molar-refractivity contribution in [3.05, 3.63) is 91.8 Å². The number of nitrogens with zero attached hydrogens (tertiary/aromatic N) is 4. The van der Waals surface area contributed by atoms with E-state index in [0.29, 0.717) is 24.0 Å². The third kappa shape index (κ3) is 5.17. The van der Waals surface area contributed by atoms with E-state index >= 15 is 4.39 Å². The number of carbonyl (C=O) groups excluding carboxylic acids is 1. The van der Waals surface area contributed by atoms with Crippen molar-refractivity contribution in [3.8, 4) is 23.0 Å². The molecule has 0 radical (unpaired) electrons. The lowest BCUT2D eigenvalue weighted by Gasteiger charge is -2.29. The molecule has 2 heterocycles. The number of carbonyl (C=O) groups is 1. The Labute approximate surface area is 251 Å². The number of halogens is 8. The van der Waals surface area contributed by atoms with Gasteiger partial charge in [0, 0.05) is 34.4 Å². The number of aromatic nitrogens is 3. The van der Waals surface area contributed by atoms with E-state index in [9.17, 15) is 23.2 Å². The molecule has 2 aromatic heterocycles. The minimum Gasteiger partial charge on any atom is -0.334 e. The first-order chi connectivity index (χ1) is 19.2. The summed E-state index contributed by atoms with van der Waals surface area (Å²) in [5, 5.41) is 15.8. The molecule has 41 heavy (non-hydrogen) atoms. The number of rotatable bonds is 6. The molecule has 1 fully saturated rings. The molecule has 0 aliphatic heterocycles. The van der Waals surface area contributed by atoms with Gasteiger partial charge in [0.2, 0.25) is 0 Å². The largest absolute Gasteiger partial charge is 0.432 e. The molecule has 0 spiro atoms. The van der Waals surface area contributed by atoms with Gasteiger partial charge < -0.3 is 9.88 Å². The van der Waals surface area contributed by atoms with Crippen LogP contribution in [0, 0.1) is 11.3 Å². The van der Waals surface area contributed by atoms with Gasteiger partial charge in [-0.2, -0.15) is 23.5 Å². The third-order valence-corrected chi connectivity index (χ3v) is 7.86. The highest BCUT2D eigenvalue weighted by Gasteiger charge is 2.60. The molecule has 4 aromatic rings. The Kier molecular flexibility index (Phi) is 7.31. The van der Waals surface area contributed by atoms with E-state index in [1.807, 2.05) is 0 Å². The van der Waals surface area contributed by atoms with Gasteiger partial charge in [-0.3, -0.25) is 4.79 Å². The number of alkyl halides is 4. The van der Waals surface area contributed by atoms with Crippen LogP contribution >= 0.6 is 46.4 Å². The number of benzene rings is 2. The molecule has 0 saturated heterocycles. The first-order valence-electron chi connectivity index (χ1n) is 11.9. The van der Waals surface area contributed by atoms with Crippen LogP contribution in [0.15, 0.2) is 54.9 Å². The summed E-state index contributed by atoms with van der Waals surface area (Å²) in [7, 11) is 1.22. The van der Waals surface area contributed by atoms with Gasteiger partial charge >= 0.3 is 6.18 Å². The lowest BCUT2D eigenvalue weighted by molar-refractivity contribution is -0.221. The number of amides is 1. The molecule has 1 N–H and O–H groups in total. The molecule has 1 unspecified atom stereocenters. The van der Waals surface area contributed by atoms with Crippen molar-refractivity contribution in [2.75, 3.05) is 0 Å². The summed E-state index contributed by atoms with van der Waals surface area (Å²) in [5.41, 5.74) is -5.47. The highest BCUT2D eigenvalue weighted by molar-refractivity contribution is 6.35. The lowest BCUT2D eigenvalue weighted by Crippen LogP contribution is -2.41. The topological polar surface area (TPSA) is 75.6 Å². The molecule has 212 valence electrons. The monoisotopic (exact) mass is 643 g/mol. The third-order valence-electron chi connectivity index (χ3n) is 6.82. The van der Waals surface area contributed by atoms with E-state index < -0.39 is 34.5 Å². The van der Waals surface area contributed by atoms with Gasteiger partial charge in [-0.05, 0) is 54.8 Å². The van der Waals surface area contributed by atoms with Crippen LogP contribution in [0.4, 0.5) is 17.6 Å². The van der Waals surface area contributed by atoms with Crippen molar-refractivity contribution in [1.82, 2.24) is 19.7 Å². The van der Waals surface area contributed by atoms with E-state index in [2.05, 4.69) is 16.5 Å². The van der Waals surface area contributed by atoms with Crippen molar-refractivity contribution < 1.29 is 22.4 Å². The lowest BCUT2D eigenvalue weighted by atomic mass is 9.91. The smallest absolute Gasteiger partial charge is 0.334 e. The van der Waals surface area contributed by atoms with Crippen molar-refractivity contribution in [2.24, 2.45) is 7.05 Å². The average molecular weight is 645 g/mol. The number of nitrogens with one attached hydrogen (secondary N) is 1. The number of hydrogen-bond acceptors (Lipinski definition) is 3. The summed E-state index contributed by atoms with van der Waals surface area (Å²) < 4.78 is 61.4. The molecule has 1 aliphatic rings. The molecule has 0 bridgehead atoms. The van der Waals surface area contributed by atoms with Crippen molar-refractivity contribution in [2.45, 2.75) is 30.2 Å². The Morgan fingerprint density at radius 3 is 2.24 bits per heavy atom. The van der Waals surface area contributed by atoms with Gasteiger partial charge in [-0.1, -0.05) is 52.5 Å². The van der Waals surface area contributed by atoms with E-state index in [-0.39, 0.29) is 31.5 Å².